The van der Waals surface area contributed by atoms with Crippen molar-refractivity contribution < 1.29 is 19.1 Å². The molecule has 120 valence electrons. The summed E-state index contributed by atoms with van der Waals surface area (Å²) < 4.78 is 10.0. The Morgan fingerprint density at radius 1 is 1.29 bits per heavy atom. The van der Waals surface area contributed by atoms with Crippen LogP contribution in [0, 0.1) is 0 Å². The molecule has 0 N–H and O–H groups in total. The van der Waals surface area contributed by atoms with E-state index in [1.807, 2.05) is 9.80 Å². The van der Waals surface area contributed by atoms with E-state index in [9.17, 15) is 9.59 Å². The molecule has 0 unspecified atom stereocenters. The summed E-state index contributed by atoms with van der Waals surface area (Å²) in [6.07, 6.45) is 4.29. The Morgan fingerprint density at radius 2 is 2.10 bits per heavy atom. The van der Waals surface area contributed by atoms with Crippen molar-refractivity contribution in [2.75, 3.05) is 47.1 Å². The molecule has 2 aliphatic heterocycles. The third-order valence-corrected chi connectivity index (χ3v) is 4.51. The minimum atomic E-state index is -0.308. The van der Waals surface area contributed by atoms with E-state index in [0.717, 1.165) is 32.2 Å². The van der Waals surface area contributed by atoms with Crippen LogP contribution in [0.15, 0.2) is 0 Å². The fourth-order valence-electron chi connectivity index (χ4n) is 3.53. The number of piperidine rings is 1. The van der Waals surface area contributed by atoms with Crippen molar-refractivity contribution in [1.29, 1.82) is 0 Å². The molecule has 2 amide bonds. The number of carbonyl (C=O) groups excluding carboxylic acids is 2. The highest BCUT2D eigenvalue weighted by atomic mass is 16.5. The lowest BCUT2D eigenvalue weighted by Gasteiger charge is -2.44. The van der Waals surface area contributed by atoms with Gasteiger partial charge in [-0.2, -0.15) is 0 Å². The summed E-state index contributed by atoms with van der Waals surface area (Å²) in [5, 5.41) is 0. The Bertz CT molecular complexity index is 388. The van der Waals surface area contributed by atoms with E-state index in [1.165, 1.54) is 7.11 Å². The number of ether oxygens (including phenoxy) is 2. The summed E-state index contributed by atoms with van der Waals surface area (Å²) >= 11 is 0. The van der Waals surface area contributed by atoms with E-state index in [-0.39, 0.29) is 24.0 Å². The smallest absolute Gasteiger partial charge is 0.249 e. The summed E-state index contributed by atoms with van der Waals surface area (Å²) in [5.74, 6) is 0.159. The average Bonchev–Trinajstić information content (AvgIpc) is 2.76. The van der Waals surface area contributed by atoms with Gasteiger partial charge in [-0.05, 0) is 25.7 Å². The maximum Gasteiger partial charge on any atom is 0.249 e. The molecule has 0 aromatic rings. The highest BCUT2D eigenvalue weighted by Gasteiger charge is 2.49. The Kier molecular flexibility index (Phi) is 5.58. The van der Waals surface area contributed by atoms with Crippen LogP contribution < -0.4 is 0 Å². The lowest BCUT2D eigenvalue weighted by molar-refractivity contribution is -0.143. The van der Waals surface area contributed by atoms with Crippen molar-refractivity contribution in [3.63, 3.8) is 0 Å². The van der Waals surface area contributed by atoms with Crippen molar-refractivity contribution in [3.8, 4) is 0 Å². The van der Waals surface area contributed by atoms with Gasteiger partial charge in [0.15, 0.2) is 0 Å². The van der Waals surface area contributed by atoms with Gasteiger partial charge in [0.25, 0.3) is 0 Å². The van der Waals surface area contributed by atoms with E-state index in [4.69, 9.17) is 9.47 Å². The number of nitrogens with zero attached hydrogens (tertiary/aromatic N) is 2. The zero-order valence-corrected chi connectivity index (χ0v) is 13.1. The zero-order valence-electron chi connectivity index (χ0n) is 13.1. The fourth-order valence-corrected chi connectivity index (χ4v) is 3.53. The quantitative estimate of drug-likeness (QED) is 0.676. The summed E-state index contributed by atoms with van der Waals surface area (Å²) in [5.41, 5.74) is -0.308. The summed E-state index contributed by atoms with van der Waals surface area (Å²) in [7, 11) is 3.20. The molecule has 0 aromatic carbocycles. The van der Waals surface area contributed by atoms with Gasteiger partial charge in [0.2, 0.25) is 11.8 Å². The van der Waals surface area contributed by atoms with Gasteiger partial charge < -0.3 is 19.3 Å². The number of amides is 2. The molecular formula is C15H26N2O4. The van der Waals surface area contributed by atoms with Crippen LogP contribution in [0.3, 0.4) is 0 Å². The SMILES string of the molecule is COCCCN1C[C@@]2(CCCCN2C(=O)COC)CC1=O. The zero-order chi connectivity index (χ0) is 15.3. The van der Waals surface area contributed by atoms with Crippen LogP contribution in [0.2, 0.25) is 0 Å². The van der Waals surface area contributed by atoms with Gasteiger partial charge in [-0.25, -0.2) is 0 Å². The normalized spacial score (nSPS) is 25.9. The predicted octanol–water partition coefficient (Wildman–Crippen LogP) is 0.653. The fraction of sp³-hybridized carbons (Fsp3) is 0.867. The summed E-state index contributed by atoms with van der Waals surface area (Å²) in [4.78, 5) is 28.4. The van der Waals surface area contributed by atoms with Crippen LogP contribution >= 0.6 is 0 Å². The molecule has 6 nitrogen and oxygen atoms in total. The van der Waals surface area contributed by atoms with Crippen molar-refractivity contribution in [1.82, 2.24) is 9.80 Å². The lowest BCUT2D eigenvalue weighted by Crippen LogP contribution is -2.57. The minimum Gasteiger partial charge on any atom is -0.385 e. The maximum atomic E-state index is 12.3. The van der Waals surface area contributed by atoms with E-state index in [1.54, 1.807) is 7.11 Å². The lowest BCUT2D eigenvalue weighted by atomic mass is 9.85. The molecule has 6 heteroatoms. The third-order valence-electron chi connectivity index (χ3n) is 4.51. The summed E-state index contributed by atoms with van der Waals surface area (Å²) in [6, 6.07) is 0. The molecule has 0 bridgehead atoms. The second-order valence-electron chi connectivity index (χ2n) is 6.00. The standard InChI is InChI=1S/C15H26N2O4/c1-20-9-5-7-16-12-15(10-13(16)18)6-3-4-8-17(15)14(19)11-21-2/h3-12H2,1-2H3/t15-/m1/s1. The van der Waals surface area contributed by atoms with Crippen LogP contribution in [-0.2, 0) is 19.1 Å². The largest absolute Gasteiger partial charge is 0.385 e. The molecule has 2 saturated heterocycles. The first-order valence-corrected chi connectivity index (χ1v) is 7.69. The molecule has 2 aliphatic rings. The van der Waals surface area contributed by atoms with Crippen LogP contribution in [0.4, 0.5) is 0 Å². The highest BCUT2D eigenvalue weighted by Crippen LogP contribution is 2.37. The number of methoxy groups -OCH3 is 2. The molecule has 2 rings (SSSR count). The van der Waals surface area contributed by atoms with Crippen molar-refractivity contribution in [3.05, 3.63) is 0 Å². The van der Waals surface area contributed by atoms with Crippen LogP contribution in [0.25, 0.3) is 0 Å². The Hall–Kier alpha value is -1.14. The van der Waals surface area contributed by atoms with Gasteiger partial charge in [0, 0.05) is 40.5 Å². The number of carbonyl (C=O) groups is 2. The number of hydrogen-bond donors (Lipinski definition) is 0. The molecule has 2 fully saturated rings. The molecule has 0 aliphatic carbocycles. The molecule has 0 saturated carbocycles. The van der Waals surface area contributed by atoms with E-state index < -0.39 is 0 Å². The van der Waals surface area contributed by atoms with Crippen molar-refractivity contribution in [2.45, 2.75) is 37.6 Å². The monoisotopic (exact) mass is 298 g/mol. The Morgan fingerprint density at radius 3 is 2.81 bits per heavy atom. The predicted molar refractivity (Wildman–Crippen MR) is 77.9 cm³/mol. The van der Waals surface area contributed by atoms with Crippen LogP contribution in [0.1, 0.15) is 32.1 Å². The topological polar surface area (TPSA) is 59.1 Å². The Balaban J connectivity index is 2.04. The molecule has 2 heterocycles. The molecule has 0 aromatic heterocycles. The minimum absolute atomic E-state index is 0.00346. The van der Waals surface area contributed by atoms with Gasteiger partial charge in [-0.3, -0.25) is 9.59 Å². The van der Waals surface area contributed by atoms with E-state index in [0.29, 0.717) is 26.1 Å². The number of hydrogen-bond acceptors (Lipinski definition) is 4. The highest BCUT2D eigenvalue weighted by molar-refractivity contribution is 5.84. The van der Waals surface area contributed by atoms with Gasteiger partial charge in [0.1, 0.15) is 6.61 Å². The first-order chi connectivity index (χ1) is 10.1. The second kappa shape index (κ2) is 7.22. The van der Waals surface area contributed by atoms with Crippen molar-refractivity contribution in [2.24, 2.45) is 0 Å². The molecule has 0 radical (unpaired) electrons. The Labute approximate surface area is 126 Å². The average molecular weight is 298 g/mol. The van der Waals surface area contributed by atoms with Gasteiger partial charge in [-0.15, -0.1) is 0 Å². The number of likely N-dealkylation sites (tertiary alicyclic amines) is 2. The molecule has 21 heavy (non-hydrogen) atoms. The van der Waals surface area contributed by atoms with Gasteiger partial charge in [0.05, 0.1) is 12.0 Å². The first-order valence-electron chi connectivity index (χ1n) is 7.69. The van der Waals surface area contributed by atoms with Gasteiger partial charge in [-0.1, -0.05) is 0 Å². The second-order valence-corrected chi connectivity index (χ2v) is 6.00. The van der Waals surface area contributed by atoms with Crippen LogP contribution in [0.5, 0.6) is 0 Å². The first kappa shape index (κ1) is 16.2. The molecule has 1 spiro atoms. The molecular weight excluding hydrogens is 272 g/mol. The summed E-state index contributed by atoms with van der Waals surface area (Å²) in [6.45, 7) is 2.86. The van der Waals surface area contributed by atoms with E-state index in [2.05, 4.69) is 0 Å². The van der Waals surface area contributed by atoms with Crippen LogP contribution in [-0.4, -0.2) is 74.2 Å². The molecule has 1 atom stereocenters. The van der Waals surface area contributed by atoms with Gasteiger partial charge >= 0.3 is 0 Å². The maximum absolute atomic E-state index is 12.3. The number of rotatable bonds is 6. The van der Waals surface area contributed by atoms with E-state index >= 15 is 0 Å². The third kappa shape index (κ3) is 3.55. The van der Waals surface area contributed by atoms with Crippen molar-refractivity contribution >= 4 is 11.8 Å².